The van der Waals surface area contributed by atoms with Crippen LogP contribution >= 0.6 is 0 Å². The topological polar surface area (TPSA) is 79.7 Å². The minimum atomic E-state index is -0.305. The summed E-state index contributed by atoms with van der Waals surface area (Å²) in [6, 6.07) is 16.0. The van der Waals surface area contributed by atoms with Crippen molar-refractivity contribution in [2.45, 2.75) is 52.8 Å². The average molecular weight is 528 g/mol. The number of hydrogen-bond donors (Lipinski definition) is 1. The number of nitrogens with one attached hydrogen (secondary N) is 1. The quantitative estimate of drug-likeness (QED) is 0.456. The van der Waals surface area contributed by atoms with Crippen LogP contribution in [0.15, 0.2) is 54.7 Å². The summed E-state index contributed by atoms with van der Waals surface area (Å²) in [7, 11) is 0. The van der Waals surface area contributed by atoms with Crippen molar-refractivity contribution in [2.24, 2.45) is 17.8 Å². The molecule has 1 saturated heterocycles. The predicted molar refractivity (Wildman–Crippen MR) is 151 cm³/mol. The molecule has 0 radical (unpaired) electrons. The number of ether oxygens (including phenoxy) is 1. The summed E-state index contributed by atoms with van der Waals surface area (Å²) in [4.78, 5) is 34.3. The Morgan fingerprint density at radius 2 is 1.79 bits per heavy atom. The second-order valence-corrected chi connectivity index (χ2v) is 11.5. The Morgan fingerprint density at radius 1 is 1.03 bits per heavy atom. The fourth-order valence-electron chi connectivity index (χ4n) is 5.97. The van der Waals surface area contributed by atoms with Crippen LogP contribution in [0.4, 0.5) is 16.2 Å². The highest BCUT2D eigenvalue weighted by Crippen LogP contribution is 2.38. The van der Waals surface area contributed by atoms with Crippen LogP contribution in [0.5, 0.6) is 0 Å². The molecule has 2 amide bonds. The molecule has 8 nitrogen and oxygen atoms in total. The first-order valence-corrected chi connectivity index (χ1v) is 14.1. The molecule has 1 aromatic heterocycles. The number of anilines is 2. The molecule has 1 aliphatic carbocycles. The molecule has 2 aromatic carbocycles. The number of imidazole rings is 1. The maximum Gasteiger partial charge on any atom is 0.410 e. The fourth-order valence-corrected chi connectivity index (χ4v) is 5.97. The summed E-state index contributed by atoms with van der Waals surface area (Å²) in [5.41, 5.74) is 4.98. The molecule has 3 aromatic rings. The largest absolute Gasteiger partial charge is 0.445 e. The van der Waals surface area contributed by atoms with E-state index in [4.69, 9.17) is 9.72 Å². The van der Waals surface area contributed by atoms with E-state index in [1.165, 1.54) is 6.42 Å². The second-order valence-electron chi connectivity index (χ2n) is 11.5. The average Bonchev–Trinajstić information content (AvgIpc) is 3.71. The van der Waals surface area contributed by atoms with E-state index in [1.54, 1.807) is 4.90 Å². The molecular formula is C31H37N5O3. The first kappa shape index (κ1) is 25.5. The minimum absolute atomic E-state index is 0.117. The minimum Gasteiger partial charge on any atom is -0.445 e. The Kier molecular flexibility index (Phi) is 7.02. The van der Waals surface area contributed by atoms with E-state index < -0.39 is 0 Å². The summed E-state index contributed by atoms with van der Waals surface area (Å²) < 4.78 is 7.80. The number of hydrogen-bond acceptors (Lipinski definition) is 5. The predicted octanol–water partition coefficient (Wildman–Crippen LogP) is 5.53. The van der Waals surface area contributed by atoms with E-state index >= 15 is 0 Å². The summed E-state index contributed by atoms with van der Waals surface area (Å²) in [5, 5.41) is 3.13. The van der Waals surface area contributed by atoms with E-state index in [1.807, 2.05) is 42.6 Å². The van der Waals surface area contributed by atoms with Gasteiger partial charge in [-0.3, -0.25) is 4.79 Å². The first-order valence-electron chi connectivity index (χ1n) is 14.1. The van der Waals surface area contributed by atoms with Gasteiger partial charge in [-0.2, -0.15) is 0 Å². The SMILES string of the molecule is C[C@H]1C[C@H](C)CN(c2cc(NC(=O)C3CC3)ccc2-c2ncc3n2CCN(C(=O)OCc2ccccc2)C3)C1. The Bertz CT molecular complexity index is 1340. The molecule has 3 aliphatic rings. The molecule has 6 rings (SSSR count). The molecule has 0 unspecified atom stereocenters. The monoisotopic (exact) mass is 527 g/mol. The van der Waals surface area contributed by atoms with E-state index in [-0.39, 0.29) is 24.5 Å². The highest BCUT2D eigenvalue weighted by molar-refractivity contribution is 5.95. The molecule has 204 valence electrons. The van der Waals surface area contributed by atoms with E-state index in [0.717, 1.165) is 60.0 Å². The van der Waals surface area contributed by atoms with Crippen LogP contribution in [0.1, 0.15) is 44.4 Å². The maximum atomic E-state index is 12.8. The summed E-state index contributed by atoms with van der Waals surface area (Å²) in [5.74, 6) is 2.37. The van der Waals surface area contributed by atoms with Crippen LogP contribution in [-0.2, 0) is 29.2 Å². The van der Waals surface area contributed by atoms with Crippen molar-refractivity contribution >= 4 is 23.4 Å². The fraction of sp³-hybridized carbons (Fsp3) is 0.452. The number of piperidine rings is 1. The molecule has 0 spiro atoms. The number of carbonyl (C=O) groups excluding carboxylic acids is 2. The number of carbonyl (C=O) groups is 2. The third-order valence-electron chi connectivity index (χ3n) is 8.01. The third kappa shape index (κ3) is 5.65. The van der Waals surface area contributed by atoms with Crippen LogP contribution in [0, 0.1) is 17.8 Å². The number of benzene rings is 2. The lowest BCUT2D eigenvalue weighted by Gasteiger charge is -2.38. The molecule has 0 bridgehead atoms. The maximum absolute atomic E-state index is 12.8. The zero-order valence-electron chi connectivity index (χ0n) is 22.8. The number of fused-ring (bicyclic) bond motifs is 1. The van der Waals surface area contributed by atoms with Crippen molar-refractivity contribution in [3.8, 4) is 11.4 Å². The number of aromatic nitrogens is 2. The van der Waals surface area contributed by atoms with Gasteiger partial charge >= 0.3 is 6.09 Å². The molecule has 1 saturated carbocycles. The van der Waals surface area contributed by atoms with Crippen molar-refractivity contribution in [3.63, 3.8) is 0 Å². The highest BCUT2D eigenvalue weighted by Gasteiger charge is 2.31. The van der Waals surface area contributed by atoms with Crippen molar-refractivity contribution in [1.29, 1.82) is 0 Å². The number of amides is 2. The lowest BCUT2D eigenvalue weighted by Crippen LogP contribution is -2.39. The van der Waals surface area contributed by atoms with Crippen molar-refractivity contribution in [1.82, 2.24) is 14.5 Å². The summed E-state index contributed by atoms with van der Waals surface area (Å²) in [6.45, 7) is 8.51. The highest BCUT2D eigenvalue weighted by atomic mass is 16.6. The van der Waals surface area contributed by atoms with E-state index in [9.17, 15) is 9.59 Å². The summed E-state index contributed by atoms with van der Waals surface area (Å²) >= 11 is 0. The molecule has 8 heteroatoms. The lowest BCUT2D eigenvalue weighted by molar-refractivity contribution is -0.117. The van der Waals surface area contributed by atoms with Crippen LogP contribution < -0.4 is 10.2 Å². The van der Waals surface area contributed by atoms with Crippen molar-refractivity contribution in [3.05, 3.63) is 66.0 Å². The van der Waals surface area contributed by atoms with Crippen LogP contribution in [0.3, 0.4) is 0 Å². The van der Waals surface area contributed by atoms with Gasteiger partial charge in [-0.05, 0) is 54.9 Å². The van der Waals surface area contributed by atoms with Gasteiger partial charge in [0, 0.05) is 49.0 Å². The Hall–Kier alpha value is -3.81. The normalized spacial score (nSPS) is 20.9. The number of rotatable bonds is 6. The van der Waals surface area contributed by atoms with Gasteiger partial charge in [0.15, 0.2) is 0 Å². The standard InChI is InChI=1S/C31H37N5O3/c1-21-14-22(2)18-35(17-21)28-15-25(33-30(37)24-8-9-24)10-11-27(28)29-32-16-26-19-34(12-13-36(26)29)31(38)39-20-23-6-4-3-5-7-23/h3-7,10-11,15-16,21-22,24H,8-9,12-14,17-20H2,1-2H3,(H,33,37)/t21-,22-/m0/s1. The lowest BCUT2D eigenvalue weighted by atomic mass is 9.91. The van der Waals surface area contributed by atoms with E-state index in [2.05, 4.69) is 40.8 Å². The van der Waals surface area contributed by atoms with Gasteiger partial charge in [0.1, 0.15) is 12.4 Å². The van der Waals surface area contributed by atoms with Crippen LogP contribution in [0.2, 0.25) is 0 Å². The van der Waals surface area contributed by atoms with E-state index in [0.29, 0.717) is 31.5 Å². The zero-order chi connectivity index (χ0) is 26.9. The van der Waals surface area contributed by atoms with Gasteiger partial charge in [-0.15, -0.1) is 0 Å². The second kappa shape index (κ2) is 10.8. The molecule has 3 heterocycles. The smallest absolute Gasteiger partial charge is 0.410 e. The van der Waals surface area contributed by atoms with Gasteiger partial charge in [-0.25, -0.2) is 9.78 Å². The first-order chi connectivity index (χ1) is 18.9. The van der Waals surface area contributed by atoms with Gasteiger partial charge in [0.05, 0.1) is 18.4 Å². The zero-order valence-corrected chi connectivity index (χ0v) is 22.8. The molecule has 2 atom stereocenters. The Labute approximate surface area is 230 Å². The molecule has 2 aliphatic heterocycles. The molecule has 39 heavy (non-hydrogen) atoms. The van der Waals surface area contributed by atoms with Crippen molar-refractivity contribution < 1.29 is 14.3 Å². The Balaban J connectivity index is 1.23. The van der Waals surface area contributed by atoms with Gasteiger partial charge in [-0.1, -0.05) is 44.2 Å². The van der Waals surface area contributed by atoms with Crippen LogP contribution in [0.25, 0.3) is 11.4 Å². The van der Waals surface area contributed by atoms with Crippen molar-refractivity contribution in [2.75, 3.05) is 29.9 Å². The van der Waals surface area contributed by atoms with Gasteiger partial charge in [0.2, 0.25) is 5.91 Å². The van der Waals surface area contributed by atoms with Crippen LogP contribution in [-0.4, -0.2) is 46.1 Å². The number of nitrogens with zero attached hydrogens (tertiary/aromatic N) is 4. The molecule has 2 fully saturated rings. The van der Waals surface area contributed by atoms with Gasteiger partial charge < -0.3 is 24.4 Å². The third-order valence-corrected chi connectivity index (χ3v) is 8.01. The molecular weight excluding hydrogens is 490 g/mol. The van der Waals surface area contributed by atoms with Gasteiger partial charge in [0.25, 0.3) is 0 Å². The summed E-state index contributed by atoms with van der Waals surface area (Å²) in [6.07, 6.45) is 4.75. The molecule has 1 N–H and O–H groups in total. The Morgan fingerprint density at radius 3 is 2.54 bits per heavy atom.